The minimum absolute atomic E-state index is 0.107. The predicted octanol–water partition coefficient (Wildman–Crippen LogP) is 1.74. The van der Waals surface area contributed by atoms with Gasteiger partial charge in [0.15, 0.2) is 5.78 Å². The Hall–Kier alpha value is -1.23. The lowest BCUT2D eigenvalue weighted by atomic mass is 9.76. The third kappa shape index (κ3) is 3.21. The zero-order valence-electron chi connectivity index (χ0n) is 11.8. The van der Waals surface area contributed by atoms with Gasteiger partial charge in [0, 0.05) is 6.54 Å². The summed E-state index contributed by atoms with van der Waals surface area (Å²) in [6.07, 6.45) is 5.61. The molecule has 5 heteroatoms. The van der Waals surface area contributed by atoms with Crippen molar-refractivity contribution in [2.24, 2.45) is 5.92 Å². The number of Topliss-reactive ketones (excluding diaryl/α,β-unsaturated/α-hetero) is 1. The highest BCUT2D eigenvalue weighted by molar-refractivity contribution is 5.88. The van der Waals surface area contributed by atoms with Crippen molar-refractivity contribution in [2.75, 3.05) is 0 Å². The fourth-order valence-electron chi connectivity index (χ4n) is 2.65. The van der Waals surface area contributed by atoms with Crippen molar-refractivity contribution in [2.45, 2.75) is 64.5 Å². The summed E-state index contributed by atoms with van der Waals surface area (Å²) in [5.41, 5.74) is -1.14. The van der Waals surface area contributed by atoms with E-state index in [0.717, 1.165) is 25.8 Å². The van der Waals surface area contributed by atoms with Crippen LogP contribution in [0.2, 0.25) is 0 Å². The van der Waals surface area contributed by atoms with Crippen LogP contribution >= 0.6 is 0 Å². The van der Waals surface area contributed by atoms with Crippen molar-refractivity contribution in [3.05, 3.63) is 12.2 Å². The Morgan fingerprint density at radius 3 is 2.84 bits per heavy atom. The standard InChI is InChI=1S/C14H23N3O2/c1-3-8-17-13(15-10-16-17)9-12(18)14(19)6-4-11(2)5-7-14/h10-11,19H,3-9H2,1-2H3. The number of rotatable bonds is 5. The first-order valence-electron chi connectivity index (χ1n) is 7.17. The van der Waals surface area contributed by atoms with Crippen LogP contribution in [0.25, 0.3) is 0 Å². The van der Waals surface area contributed by atoms with E-state index in [1.54, 1.807) is 4.68 Å². The summed E-state index contributed by atoms with van der Waals surface area (Å²) >= 11 is 0. The van der Waals surface area contributed by atoms with Gasteiger partial charge >= 0.3 is 0 Å². The molecule has 0 aliphatic heterocycles. The molecule has 5 nitrogen and oxygen atoms in total. The molecule has 1 saturated carbocycles. The normalized spacial score (nSPS) is 27.4. The Kier molecular flexibility index (Phi) is 4.34. The van der Waals surface area contributed by atoms with Crippen molar-refractivity contribution in [1.82, 2.24) is 14.8 Å². The van der Waals surface area contributed by atoms with Crippen LogP contribution in [0, 0.1) is 5.92 Å². The molecule has 0 radical (unpaired) electrons. The second-order valence-corrected chi connectivity index (χ2v) is 5.71. The third-order valence-corrected chi connectivity index (χ3v) is 4.07. The number of ketones is 1. The summed E-state index contributed by atoms with van der Waals surface area (Å²) in [5.74, 6) is 1.17. The van der Waals surface area contributed by atoms with Crippen molar-refractivity contribution < 1.29 is 9.90 Å². The highest BCUT2D eigenvalue weighted by Gasteiger charge is 2.38. The number of hydrogen-bond acceptors (Lipinski definition) is 4. The Labute approximate surface area is 114 Å². The summed E-state index contributed by atoms with van der Waals surface area (Å²) in [5, 5.41) is 14.6. The number of carbonyl (C=O) groups excluding carboxylic acids is 1. The average Bonchev–Trinajstić information content (AvgIpc) is 2.81. The van der Waals surface area contributed by atoms with Crippen LogP contribution in [0.3, 0.4) is 0 Å². The maximum atomic E-state index is 12.3. The lowest BCUT2D eigenvalue weighted by Crippen LogP contribution is -2.43. The van der Waals surface area contributed by atoms with Gasteiger partial charge in [0.05, 0.1) is 6.42 Å². The quantitative estimate of drug-likeness (QED) is 0.880. The van der Waals surface area contributed by atoms with Gasteiger partial charge in [0.25, 0.3) is 0 Å². The molecule has 1 heterocycles. The molecule has 0 atom stereocenters. The largest absolute Gasteiger partial charge is 0.382 e. The monoisotopic (exact) mass is 265 g/mol. The maximum absolute atomic E-state index is 12.3. The minimum atomic E-state index is -1.14. The number of aliphatic hydroxyl groups is 1. The summed E-state index contributed by atoms with van der Waals surface area (Å²) in [7, 11) is 0. The second kappa shape index (κ2) is 5.82. The molecule has 0 amide bonds. The van der Waals surface area contributed by atoms with Crippen LogP contribution in [0.1, 0.15) is 51.8 Å². The number of nitrogens with zero attached hydrogens (tertiary/aromatic N) is 3. The molecule has 0 aromatic carbocycles. The summed E-state index contributed by atoms with van der Waals surface area (Å²) in [4.78, 5) is 16.5. The third-order valence-electron chi connectivity index (χ3n) is 4.07. The zero-order valence-corrected chi connectivity index (χ0v) is 11.8. The number of carbonyl (C=O) groups is 1. The van der Waals surface area contributed by atoms with Crippen LogP contribution < -0.4 is 0 Å². The van der Waals surface area contributed by atoms with Gasteiger partial charge in [0.1, 0.15) is 17.8 Å². The maximum Gasteiger partial charge on any atom is 0.171 e. The van der Waals surface area contributed by atoms with E-state index in [4.69, 9.17) is 0 Å². The lowest BCUT2D eigenvalue weighted by molar-refractivity contribution is -0.140. The van der Waals surface area contributed by atoms with E-state index >= 15 is 0 Å². The molecular weight excluding hydrogens is 242 g/mol. The van der Waals surface area contributed by atoms with Gasteiger partial charge in [-0.05, 0) is 38.0 Å². The van der Waals surface area contributed by atoms with Gasteiger partial charge in [-0.2, -0.15) is 5.10 Å². The highest BCUT2D eigenvalue weighted by atomic mass is 16.3. The fraction of sp³-hybridized carbons (Fsp3) is 0.786. The van der Waals surface area contributed by atoms with Gasteiger partial charge in [-0.3, -0.25) is 4.79 Å². The SMILES string of the molecule is CCCn1ncnc1CC(=O)C1(O)CCC(C)CC1. The molecule has 106 valence electrons. The van der Waals surface area contributed by atoms with Crippen molar-refractivity contribution in [1.29, 1.82) is 0 Å². The van der Waals surface area contributed by atoms with Gasteiger partial charge in [-0.25, -0.2) is 9.67 Å². The van der Waals surface area contributed by atoms with E-state index in [2.05, 4.69) is 23.9 Å². The molecule has 2 rings (SSSR count). The average molecular weight is 265 g/mol. The van der Waals surface area contributed by atoms with Gasteiger partial charge < -0.3 is 5.11 Å². The van der Waals surface area contributed by atoms with Crippen LogP contribution in [0.15, 0.2) is 6.33 Å². The molecule has 1 aromatic heterocycles. The molecule has 1 fully saturated rings. The molecule has 1 aliphatic rings. The van der Waals surface area contributed by atoms with Gasteiger partial charge in [-0.15, -0.1) is 0 Å². The Morgan fingerprint density at radius 2 is 2.21 bits per heavy atom. The van der Waals surface area contributed by atoms with Crippen molar-refractivity contribution in [3.8, 4) is 0 Å². The molecule has 1 aromatic rings. The molecule has 0 unspecified atom stereocenters. The summed E-state index contributed by atoms with van der Waals surface area (Å²) in [6.45, 7) is 4.99. The Bertz CT molecular complexity index is 434. The topological polar surface area (TPSA) is 68.0 Å². The lowest BCUT2D eigenvalue weighted by Gasteiger charge is -2.33. The van der Waals surface area contributed by atoms with Crippen LogP contribution in [0.4, 0.5) is 0 Å². The number of hydrogen-bond donors (Lipinski definition) is 1. The molecule has 1 N–H and O–H groups in total. The summed E-state index contributed by atoms with van der Waals surface area (Å²) < 4.78 is 1.76. The first-order valence-corrected chi connectivity index (χ1v) is 7.17. The minimum Gasteiger partial charge on any atom is -0.382 e. The van der Waals surface area contributed by atoms with E-state index in [1.165, 1.54) is 6.33 Å². The molecular formula is C14H23N3O2. The smallest absolute Gasteiger partial charge is 0.171 e. The van der Waals surface area contributed by atoms with Gasteiger partial charge in [-0.1, -0.05) is 13.8 Å². The highest BCUT2D eigenvalue weighted by Crippen LogP contribution is 2.33. The van der Waals surface area contributed by atoms with Crippen molar-refractivity contribution >= 4 is 5.78 Å². The molecule has 0 bridgehead atoms. The van der Waals surface area contributed by atoms with Crippen molar-refractivity contribution in [3.63, 3.8) is 0 Å². The fourth-order valence-corrected chi connectivity index (χ4v) is 2.65. The van der Waals surface area contributed by atoms with Crippen LogP contribution in [-0.4, -0.2) is 31.3 Å². The van der Waals surface area contributed by atoms with E-state index in [9.17, 15) is 9.90 Å². The molecule has 1 aliphatic carbocycles. The Balaban J connectivity index is 2.02. The Morgan fingerprint density at radius 1 is 1.53 bits per heavy atom. The first-order chi connectivity index (χ1) is 9.05. The van der Waals surface area contributed by atoms with E-state index < -0.39 is 5.60 Å². The number of aromatic nitrogens is 3. The predicted molar refractivity (Wildman–Crippen MR) is 71.6 cm³/mol. The molecule has 19 heavy (non-hydrogen) atoms. The van der Waals surface area contributed by atoms with Crippen LogP contribution in [0.5, 0.6) is 0 Å². The van der Waals surface area contributed by atoms with Crippen LogP contribution in [-0.2, 0) is 17.8 Å². The van der Waals surface area contributed by atoms with E-state index in [1.807, 2.05) is 0 Å². The summed E-state index contributed by atoms with van der Waals surface area (Å²) in [6, 6.07) is 0. The number of aryl methyl sites for hydroxylation is 1. The first kappa shape index (κ1) is 14.2. The van der Waals surface area contributed by atoms with E-state index in [-0.39, 0.29) is 12.2 Å². The zero-order chi connectivity index (χ0) is 13.9. The van der Waals surface area contributed by atoms with Gasteiger partial charge in [0.2, 0.25) is 0 Å². The second-order valence-electron chi connectivity index (χ2n) is 5.71. The molecule has 0 spiro atoms. The molecule has 0 saturated heterocycles. The van der Waals surface area contributed by atoms with E-state index in [0.29, 0.717) is 24.6 Å².